The molecule has 37 heavy (non-hydrogen) atoms. The maximum Gasteiger partial charge on any atom is 0.196 e. The lowest BCUT2D eigenvalue weighted by atomic mass is 10.0. The highest BCUT2D eigenvalue weighted by molar-refractivity contribution is 7.85. The molecule has 0 aliphatic heterocycles. The van der Waals surface area contributed by atoms with E-state index >= 15 is 0 Å². The predicted molar refractivity (Wildman–Crippen MR) is 139 cm³/mol. The molecule has 0 heterocycles. The van der Waals surface area contributed by atoms with Crippen molar-refractivity contribution in [2.45, 2.75) is 4.90 Å². The zero-order chi connectivity index (χ0) is 26.3. The van der Waals surface area contributed by atoms with Crippen LogP contribution in [0.4, 0.5) is 11.4 Å². The Hall–Kier alpha value is -3.89. The molecule has 3 aromatic rings. The summed E-state index contributed by atoms with van der Waals surface area (Å²) in [7, 11) is -5.17. The number of fused-ring (bicyclic) bond motifs is 1. The molecule has 0 amide bonds. The summed E-state index contributed by atoms with van der Waals surface area (Å²) in [5.74, 6) is 0. The number of rotatable bonds is 4. The van der Waals surface area contributed by atoms with E-state index in [1.54, 1.807) is 60.7 Å². The van der Waals surface area contributed by atoms with Crippen molar-refractivity contribution in [3.8, 4) is 0 Å². The highest BCUT2D eigenvalue weighted by atomic mass is 35.5. The normalized spacial score (nSPS) is 12.9. The Bertz CT molecular complexity index is 2090. The smallest absolute Gasteiger partial charge is 0.196 e. The largest absolute Gasteiger partial charge is 0.744 e. The van der Waals surface area contributed by atoms with Crippen LogP contribution in [0.1, 0.15) is 0 Å². The van der Waals surface area contributed by atoms with Crippen molar-refractivity contribution >= 4 is 55.5 Å². The van der Waals surface area contributed by atoms with Gasteiger partial charge in [-0.1, -0.05) is 47.5 Å². The van der Waals surface area contributed by atoms with Crippen molar-refractivity contribution in [1.29, 1.82) is 0 Å². The minimum Gasteiger partial charge on any atom is -0.744 e. The molecule has 0 aromatic heterocycles. The van der Waals surface area contributed by atoms with Crippen molar-refractivity contribution in [3.63, 3.8) is 0 Å². The van der Waals surface area contributed by atoms with E-state index in [4.69, 9.17) is 23.2 Å². The quantitative estimate of drug-likeness (QED) is 0.269. The summed E-state index contributed by atoms with van der Waals surface area (Å²) < 4.78 is 37.1. The maximum atomic E-state index is 13.6. The summed E-state index contributed by atoms with van der Waals surface area (Å²) >= 11 is 11.8. The van der Waals surface area contributed by atoms with E-state index in [1.165, 1.54) is 12.1 Å². The topological polar surface area (TPSA) is 128 Å². The number of nitrogens with zero attached hydrogens (tertiary/aromatic N) is 2. The van der Waals surface area contributed by atoms with E-state index in [2.05, 4.69) is 15.5 Å². The van der Waals surface area contributed by atoms with Crippen molar-refractivity contribution < 1.29 is 13.0 Å². The van der Waals surface area contributed by atoms with E-state index in [-0.39, 0.29) is 26.6 Å². The highest BCUT2D eigenvalue weighted by Crippen LogP contribution is 2.16. The van der Waals surface area contributed by atoms with E-state index in [0.29, 0.717) is 21.4 Å². The van der Waals surface area contributed by atoms with Gasteiger partial charge in [-0.25, -0.2) is 13.4 Å². The SMILES string of the molecule is O=c1c2c(=Nc3ccc(Cl)cc3)cc(S(=O)(=O)[O-])c(=NNc3ccc(Cl)cc3)c=2c(=O)c2ccccc12. The van der Waals surface area contributed by atoms with Gasteiger partial charge in [-0.15, -0.1) is 0 Å². The Labute approximate surface area is 218 Å². The summed E-state index contributed by atoms with van der Waals surface area (Å²) in [6, 6.07) is 19.5. The van der Waals surface area contributed by atoms with E-state index < -0.39 is 31.2 Å². The Kier molecular flexibility index (Phi) is 6.38. The Balaban J connectivity index is 2.03. The predicted octanol–water partition coefficient (Wildman–Crippen LogP) is 3.53. The second kappa shape index (κ2) is 9.53. The standard InChI is InChI=1S/C26H15Cl2N3O5S/c27-14-5-9-16(10-6-14)29-20-13-21(37(34,35)36)24(31-30-17-11-7-15(28)8-12-17)23-22(20)25(32)18-3-1-2-4-19(18)26(23)33/h1-13,30H,(H,34,35,36)/p-1. The first-order valence-electron chi connectivity index (χ1n) is 10.7. The zero-order valence-electron chi connectivity index (χ0n) is 18.6. The molecule has 0 saturated carbocycles. The van der Waals surface area contributed by atoms with Gasteiger partial charge >= 0.3 is 0 Å². The number of halogens is 2. The second-order valence-electron chi connectivity index (χ2n) is 7.97. The van der Waals surface area contributed by atoms with E-state index in [9.17, 15) is 22.6 Å². The fourth-order valence-corrected chi connectivity index (χ4v) is 4.82. The van der Waals surface area contributed by atoms with Gasteiger partial charge in [0.05, 0.1) is 32.1 Å². The maximum absolute atomic E-state index is 13.6. The fraction of sp³-hybridized carbons (Fsp3) is 0. The third kappa shape index (κ3) is 4.77. The first-order valence-corrected chi connectivity index (χ1v) is 12.8. The van der Waals surface area contributed by atoms with Crippen LogP contribution < -0.4 is 27.0 Å². The number of hydrogen-bond donors (Lipinski definition) is 1. The molecular formula is C26H14Cl2N3O5S-. The van der Waals surface area contributed by atoms with Crippen LogP contribution in [0.2, 0.25) is 10.0 Å². The lowest BCUT2D eigenvalue weighted by Gasteiger charge is -2.10. The molecule has 184 valence electrons. The van der Waals surface area contributed by atoms with Crippen molar-refractivity contribution in [3.05, 3.63) is 131 Å². The minimum absolute atomic E-state index is 0.0563. The number of nitrogens with one attached hydrogen (secondary N) is 1. The fourth-order valence-electron chi connectivity index (χ4n) is 3.92. The summed E-state index contributed by atoms with van der Waals surface area (Å²) in [6.45, 7) is 0. The van der Waals surface area contributed by atoms with Gasteiger partial charge in [-0.2, -0.15) is 5.10 Å². The first-order chi connectivity index (χ1) is 17.6. The van der Waals surface area contributed by atoms with Gasteiger partial charge < -0.3 is 4.55 Å². The Morgan fingerprint density at radius 1 is 0.757 bits per heavy atom. The molecule has 0 saturated heterocycles. The summed E-state index contributed by atoms with van der Waals surface area (Å²) in [5, 5.41) is 4.03. The molecule has 0 fully saturated rings. The molecule has 1 N–H and O–H groups in total. The van der Waals surface area contributed by atoms with Gasteiger partial charge in [0.25, 0.3) is 0 Å². The summed E-state index contributed by atoms with van der Waals surface area (Å²) in [6.07, 6.45) is 0. The average molecular weight is 551 g/mol. The van der Waals surface area contributed by atoms with Crippen molar-refractivity contribution in [2.75, 3.05) is 5.43 Å². The molecular weight excluding hydrogens is 537 g/mol. The van der Waals surface area contributed by atoms with E-state index in [1.807, 2.05) is 0 Å². The van der Waals surface area contributed by atoms with Crippen LogP contribution in [-0.4, -0.2) is 13.0 Å². The minimum atomic E-state index is -5.17. The molecule has 5 rings (SSSR count). The first kappa shape index (κ1) is 24.8. The van der Waals surface area contributed by atoms with Gasteiger partial charge in [-0.3, -0.25) is 15.0 Å². The second-order valence-corrected chi connectivity index (χ2v) is 10.2. The van der Waals surface area contributed by atoms with Crippen LogP contribution >= 0.6 is 23.2 Å². The molecule has 3 aromatic carbocycles. The summed E-state index contributed by atoms with van der Waals surface area (Å²) in [4.78, 5) is 30.8. The van der Waals surface area contributed by atoms with Gasteiger partial charge in [0.1, 0.15) is 15.5 Å². The van der Waals surface area contributed by atoms with Crippen molar-refractivity contribution in [1.82, 2.24) is 0 Å². The monoisotopic (exact) mass is 550 g/mol. The number of anilines is 1. The van der Waals surface area contributed by atoms with Crippen LogP contribution in [0.15, 0.2) is 103 Å². The lowest BCUT2D eigenvalue weighted by molar-refractivity contribution is 0.461. The molecule has 2 aliphatic carbocycles. The van der Waals surface area contributed by atoms with Crippen LogP contribution in [0.25, 0.3) is 10.8 Å². The Morgan fingerprint density at radius 3 is 1.86 bits per heavy atom. The molecule has 2 aliphatic rings. The molecule has 11 heteroatoms. The molecule has 0 radical (unpaired) electrons. The van der Waals surface area contributed by atoms with Gasteiger partial charge in [0.15, 0.2) is 10.9 Å². The molecule has 0 bridgehead atoms. The Morgan fingerprint density at radius 2 is 1.30 bits per heavy atom. The average Bonchev–Trinajstić information content (AvgIpc) is 2.87. The molecule has 0 spiro atoms. The number of hydrogen-bond acceptors (Lipinski definition) is 8. The van der Waals surface area contributed by atoms with Gasteiger partial charge in [-0.05, 0) is 54.6 Å². The third-order valence-electron chi connectivity index (χ3n) is 5.60. The summed E-state index contributed by atoms with van der Waals surface area (Å²) in [5.41, 5.74) is 2.14. The lowest BCUT2D eigenvalue weighted by Crippen LogP contribution is -2.33. The van der Waals surface area contributed by atoms with Crippen LogP contribution in [0.5, 0.6) is 0 Å². The van der Waals surface area contributed by atoms with E-state index in [0.717, 1.165) is 6.07 Å². The molecule has 0 unspecified atom stereocenters. The number of benzene rings is 3. The van der Waals surface area contributed by atoms with Crippen molar-refractivity contribution in [2.24, 2.45) is 10.1 Å². The zero-order valence-corrected chi connectivity index (χ0v) is 20.9. The highest BCUT2D eigenvalue weighted by Gasteiger charge is 2.17. The van der Waals surface area contributed by atoms with Crippen LogP contribution in [0, 0.1) is 10.4 Å². The van der Waals surface area contributed by atoms with Gasteiger partial charge in [0.2, 0.25) is 0 Å². The molecule has 0 atom stereocenters. The van der Waals surface area contributed by atoms with Crippen LogP contribution in [-0.2, 0) is 10.1 Å². The van der Waals surface area contributed by atoms with Crippen LogP contribution in [0.3, 0.4) is 0 Å². The molecule has 8 nitrogen and oxygen atoms in total. The third-order valence-corrected chi connectivity index (χ3v) is 6.95. The van der Waals surface area contributed by atoms with Gasteiger partial charge in [0, 0.05) is 20.8 Å².